The van der Waals surface area contributed by atoms with Crippen LogP contribution >= 0.6 is 0 Å². The Morgan fingerprint density at radius 2 is 1.90 bits per heavy atom. The molecule has 0 aromatic rings. The zero-order chi connectivity index (χ0) is 6.74. The fourth-order valence-electron chi connectivity index (χ4n) is 1.40. The molecule has 0 spiro atoms. The lowest BCUT2D eigenvalue weighted by Crippen LogP contribution is -3.00. The average molecular weight is 166 g/mol. The van der Waals surface area contributed by atoms with Crippen molar-refractivity contribution in [3.8, 4) is 0 Å². The van der Waals surface area contributed by atoms with Gasteiger partial charge in [0.05, 0.1) is 0 Å². The third-order valence-electron chi connectivity index (χ3n) is 2.23. The van der Waals surface area contributed by atoms with E-state index < -0.39 is 0 Å². The molecule has 2 nitrogen and oxygen atoms in total. The van der Waals surface area contributed by atoms with Gasteiger partial charge in [-0.1, -0.05) is 0 Å². The molecule has 0 N–H and O–H groups in total. The van der Waals surface area contributed by atoms with Gasteiger partial charge < -0.3 is 12.4 Å². The van der Waals surface area contributed by atoms with E-state index in [0.29, 0.717) is 0 Å². The summed E-state index contributed by atoms with van der Waals surface area (Å²) in [5, 5.41) is 0. The van der Waals surface area contributed by atoms with Crippen molar-refractivity contribution in [1.82, 2.24) is 0 Å². The fraction of sp³-hybridized carbons (Fsp3) is 1.00. The van der Waals surface area contributed by atoms with Gasteiger partial charge in [0.1, 0.15) is 26.2 Å². The Bertz CT molecular complexity index is 85.6. The molecule has 10 heavy (non-hydrogen) atoms. The first-order chi connectivity index (χ1) is 4.33. The first kappa shape index (κ1) is 10.2. The minimum absolute atomic E-state index is 0. The molecule has 0 amide bonds. The topological polar surface area (TPSA) is 9.23 Å². The van der Waals surface area contributed by atoms with Crippen LogP contribution in [-0.4, -0.2) is 30.9 Å². The summed E-state index contributed by atoms with van der Waals surface area (Å²) in [7, 11) is 0. The highest BCUT2D eigenvalue weighted by molar-refractivity contribution is 4.39. The van der Waals surface area contributed by atoms with Crippen LogP contribution in [0.2, 0.25) is 0 Å². The van der Waals surface area contributed by atoms with Crippen molar-refractivity contribution in [1.29, 1.82) is 0 Å². The third kappa shape index (κ3) is 1.84. The zero-order valence-electron chi connectivity index (χ0n) is 6.77. The quantitative estimate of drug-likeness (QED) is 0.438. The Kier molecular flexibility index (Phi) is 4.25. The zero-order valence-corrected chi connectivity index (χ0v) is 7.52. The lowest BCUT2D eigenvalue weighted by atomic mass is 10.4. The van der Waals surface area contributed by atoms with Gasteiger partial charge in [0.2, 0.25) is 0 Å². The van der Waals surface area contributed by atoms with Crippen LogP contribution in [0.4, 0.5) is 0 Å². The van der Waals surface area contributed by atoms with Gasteiger partial charge in [-0.15, -0.1) is 0 Å². The Balaban J connectivity index is 0.000000810. The standard InChI is InChI=1S/C7H16NO.ClH/c1-3-8(4-2)6-5-7-9-8;/h3-7H2,1-2H3;1H/q+1;/p-1. The second-order valence-electron chi connectivity index (χ2n) is 2.60. The minimum Gasteiger partial charge on any atom is -1.00 e. The molecular weight excluding hydrogens is 150 g/mol. The fourth-order valence-corrected chi connectivity index (χ4v) is 1.40. The van der Waals surface area contributed by atoms with E-state index in [1.807, 2.05) is 0 Å². The molecule has 0 unspecified atom stereocenters. The number of quaternary nitrogens is 1. The molecule has 1 fully saturated rings. The summed E-state index contributed by atoms with van der Waals surface area (Å²) in [6, 6.07) is 0. The molecule has 0 aromatic heterocycles. The maximum absolute atomic E-state index is 5.58. The SMILES string of the molecule is CC[N+]1(CC)CCCO1.[Cl-]. The largest absolute Gasteiger partial charge is 1.00 e. The van der Waals surface area contributed by atoms with Gasteiger partial charge in [-0.05, 0) is 13.8 Å². The molecule has 1 aliphatic heterocycles. The number of rotatable bonds is 2. The predicted octanol–water partition coefficient (Wildman–Crippen LogP) is -1.82. The van der Waals surface area contributed by atoms with Crippen LogP contribution < -0.4 is 12.4 Å². The van der Waals surface area contributed by atoms with Gasteiger partial charge in [-0.2, -0.15) is 4.65 Å². The number of hydroxylamine groups is 3. The third-order valence-corrected chi connectivity index (χ3v) is 2.23. The first-order valence-electron chi connectivity index (χ1n) is 3.83. The van der Waals surface area contributed by atoms with Crippen LogP contribution in [0.1, 0.15) is 20.3 Å². The second-order valence-corrected chi connectivity index (χ2v) is 2.60. The van der Waals surface area contributed by atoms with Crippen LogP contribution in [0.5, 0.6) is 0 Å². The smallest absolute Gasteiger partial charge is 0.112 e. The van der Waals surface area contributed by atoms with Gasteiger partial charge in [0.15, 0.2) is 0 Å². The second kappa shape index (κ2) is 4.16. The summed E-state index contributed by atoms with van der Waals surface area (Å²) in [5.41, 5.74) is 0. The monoisotopic (exact) mass is 165 g/mol. The van der Waals surface area contributed by atoms with Crippen molar-refractivity contribution in [3.05, 3.63) is 0 Å². The van der Waals surface area contributed by atoms with E-state index in [1.165, 1.54) is 13.0 Å². The summed E-state index contributed by atoms with van der Waals surface area (Å²) in [6.45, 7) is 8.80. The highest BCUT2D eigenvalue weighted by atomic mass is 35.5. The van der Waals surface area contributed by atoms with Crippen molar-refractivity contribution < 1.29 is 21.9 Å². The molecular formula is C7H16ClNO. The molecule has 1 aliphatic rings. The maximum atomic E-state index is 5.58. The highest BCUT2D eigenvalue weighted by Gasteiger charge is 2.30. The predicted molar refractivity (Wildman–Crippen MR) is 36.8 cm³/mol. The number of halogens is 1. The van der Waals surface area contributed by atoms with Crippen molar-refractivity contribution in [2.45, 2.75) is 20.3 Å². The van der Waals surface area contributed by atoms with E-state index in [-0.39, 0.29) is 12.4 Å². The van der Waals surface area contributed by atoms with Gasteiger partial charge in [-0.25, -0.2) is 4.84 Å². The first-order valence-corrected chi connectivity index (χ1v) is 3.83. The lowest BCUT2D eigenvalue weighted by Gasteiger charge is -2.26. The molecule has 3 heteroatoms. The van der Waals surface area contributed by atoms with Gasteiger partial charge in [0.25, 0.3) is 0 Å². The number of nitrogens with zero attached hydrogens (tertiary/aromatic N) is 1. The van der Waals surface area contributed by atoms with Crippen molar-refractivity contribution in [2.75, 3.05) is 26.2 Å². The van der Waals surface area contributed by atoms with E-state index >= 15 is 0 Å². The van der Waals surface area contributed by atoms with Crippen LogP contribution in [0, 0.1) is 0 Å². The number of hydrogen-bond donors (Lipinski definition) is 0. The van der Waals surface area contributed by atoms with E-state index in [9.17, 15) is 0 Å². The van der Waals surface area contributed by atoms with Crippen LogP contribution in [0.15, 0.2) is 0 Å². The van der Waals surface area contributed by atoms with Crippen molar-refractivity contribution >= 4 is 0 Å². The van der Waals surface area contributed by atoms with Crippen molar-refractivity contribution in [2.24, 2.45) is 0 Å². The molecule has 0 radical (unpaired) electrons. The van der Waals surface area contributed by atoms with E-state index in [1.54, 1.807) is 0 Å². The molecule has 1 rings (SSSR count). The lowest BCUT2D eigenvalue weighted by molar-refractivity contribution is -1.09. The number of hydrogen-bond acceptors (Lipinski definition) is 1. The summed E-state index contributed by atoms with van der Waals surface area (Å²) in [4.78, 5) is 5.58. The Morgan fingerprint density at radius 1 is 1.30 bits per heavy atom. The van der Waals surface area contributed by atoms with E-state index in [2.05, 4.69) is 13.8 Å². The molecule has 1 saturated heterocycles. The van der Waals surface area contributed by atoms with Crippen LogP contribution in [0.25, 0.3) is 0 Å². The molecule has 0 aromatic carbocycles. The summed E-state index contributed by atoms with van der Waals surface area (Å²) >= 11 is 0. The normalized spacial score (nSPS) is 22.2. The molecule has 0 bridgehead atoms. The van der Waals surface area contributed by atoms with E-state index in [0.717, 1.165) is 24.3 Å². The highest BCUT2D eigenvalue weighted by Crippen LogP contribution is 2.15. The van der Waals surface area contributed by atoms with Crippen LogP contribution in [0.3, 0.4) is 0 Å². The molecule has 0 atom stereocenters. The Labute approximate surface area is 69.1 Å². The van der Waals surface area contributed by atoms with Gasteiger partial charge in [0, 0.05) is 6.42 Å². The summed E-state index contributed by atoms with van der Waals surface area (Å²) in [5.74, 6) is 0. The average Bonchev–Trinajstić information content (AvgIpc) is 2.36. The molecule has 0 saturated carbocycles. The maximum Gasteiger partial charge on any atom is 0.112 e. The van der Waals surface area contributed by atoms with Crippen LogP contribution in [-0.2, 0) is 4.84 Å². The minimum atomic E-state index is 0. The summed E-state index contributed by atoms with van der Waals surface area (Å²) < 4.78 is 0.889. The Hall–Kier alpha value is 0.210. The molecule has 0 aliphatic carbocycles. The molecule has 1 heterocycles. The van der Waals surface area contributed by atoms with E-state index in [4.69, 9.17) is 4.84 Å². The Morgan fingerprint density at radius 3 is 2.10 bits per heavy atom. The summed E-state index contributed by atoms with van der Waals surface area (Å²) in [6.07, 6.45) is 1.24. The van der Waals surface area contributed by atoms with Gasteiger partial charge in [-0.3, -0.25) is 0 Å². The van der Waals surface area contributed by atoms with Crippen molar-refractivity contribution in [3.63, 3.8) is 0 Å². The molecule has 62 valence electrons. The van der Waals surface area contributed by atoms with Gasteiger partial charge >= 0.3 is 0 Å².